The van der Waals surface area contributed by atoms with Crippen molar-refractivity contribution in [3.05, 3.63) is 35.9 Å². The lowest BCUT2D eigenvalue weighted by molar-refractivity contribution is 0.152. The minimum absolute atomic E-state index is 0.635. The van der Waals surface area contributed by atoms with E-state index < -0.39 is 0 Å². The molecule has 0 aliphatic carbocycles. The molecule has 1 aromatic carbocycles. The molecule has 0 saturated carbocycles. The van der Waals surface area contributed by atoms with Gasteiger partial charge < -0.3 is 10.2 Å². The van der Waals surface area contributed by atoms with Crippen LogP contribution in [0.25, 0.3) is 0 Å². The first-order valence-corrected chi connectivity index (χ1v) is 7.12. The van der Waals surface area contributed by atoms with Crippen LogP contribution in [-0.2, 0) is 6.42 Å². The third-order valence-corrected chi connectivity index (χ3v) is 3.84. The van der Waals surface area contributed by atoms with E-state index in [2.05, 4.69) is 61.4 Å². The van der Waals surface area contributed by atoms with Crippen LogP contribution >= 0.6 is 0 Å². The Morgan fingerprint density at radius 3 is 2.61 bits per heavy atom. The Labute approximate surface area is 111 Å². The van der Waals surface area contributed by atoms with Crippen molar-refractivity contribution in [1.29, 1.82) is 0 Å². The molecule has 1 aliphatic heterocycles. The van der Waals surface area contributed by atoms with Gasteiger partial charge in [-0.15, -0.1) is 0 Å². The molecule has 2 atom stereocenters. The normalized spacial score (nSPS) is 25.6. The topological polar surface area (TPSA) is 15.3 Å². The Balaban J connectivity index is 1.86. The highest BCUT2D eigenvalue weighted by Gasteiger charge is 2.25. The smallest absolute Gasteiger partial charge is 0.0258 e. The lowest BCUT2D eigenvalue weighted by Gasteiger charge is -2.39. The molecule has 18 heavy (non-hydrogen) atoms. The minimum Gasteiger partial charge on any atom is -0.311 e. The van der Waals surface area contributed by atoms with Crippen molar-refractivity contribution in [1.82, 2.24) is 10.2 Å². The summed E-state index contributed by atoms with van der Waals surface area (Å²) in [5.74, 6) is 0.779. The maximum atomic E-state index is 3.71. The van der Waals surface area contributed by atoms with Crippen LogP contribution in [0.3, 0.4) is 0 Å². The van der Waals surface area contributed by atoms with Crippen LogP contribution in [0.5, 0.6) is 0 Å². The maximum absolute atomic E-state index is 3.71. The number of nitrogens with zero attached hydrogens (tertiary/aromatic N) is 1. The SMILES string of the molecule is CC(C)CC1CN(C)C(Cc2ccccc2)CN1. The monoisotopic (exact) mass is 246 g/mol. The molecular weight excluding hydrogens is 220 g/mol. The minimum atomic E-state index is 0.635. The molecule has 1 N–H and O–H groups in total. The first kappa shape index (κ1) is 13.6. The van der Waals surface area contributed by atoms with Gasteiger partial charge in [0.2, 0.25) is 0 Å². The maximum Gasteiger partial charge on any atom is 0.0258 e. The fourth-order valence-corrected chi connectivity index (χ4v) is 2.86. The van der Waals surface area contributed by atoms with Crippen molar-refractivity contribution >= 4 is 0 Å². The molecule has 0 radical (unpaired) electrons. The number of hydrogen-bond acceptors (Lipinski definition) is 2. The number of benzene rings is 1. The van der Waals surface area contributed by atoms with Gasteiger partial charge in [-0.25, -0.2) is 0 Å². The molecule has 1 fully saturated rings. The highest BCUT2D eigenvalue weighted by atomic mass is 15.2. The number of piperazine rings is 1. The standard InChI is InChI=1S/C16H26N2/c1-13(2)9-15-12-18(3)16(11-17-15)10-14-7-5-4-6-8-14/h4-8,13,15-17H,9-12H2,1-3H3. The number of rotatable bonds is 4. The van der Waals surface area contributed by atoms with E-state index in [1.54, 1.807) is 0 Å². The molecule has 2 rings (SSSR count). The third kappa shape index (κ3) is 3.82. The first-order valence-electron chi connectivity index (χ1n) is 7.12. The molecule has 2 heteroatoms. The van der Waals surface area contributed by atoms with Crippen LogP contribution in [0, 0.1) is 5.92 Å². The van der Waals surface area contributed by atoms with E-state index in [1.165, 1.54) is 18.5 Å². The predicted molar refractivity (Wildman–Crippen MR) is 77.8 cm³/mol. The van der Waals surface area contributed by atoms with E-state index in [9.17, 15) is 0 Å². The van der Waals surface area contributed by atoms with E-state index in [0.29, 0.717) is 12.1 Å². The molecule has 0 spiro atoms. The van der Waals surface area contributed by atoms with Gasteiger partial charge in [-0.2, -0.15) is 0 Å². The van der Waals surface area contributed by atoms with Crippen molar-refractivity contribution in [3.8, 4) is 0 Å². The summed E-state index contributed by atoms with van der Waals surface area (Å²) in [5.41, 5.74) is 1.44. The predicted octanol–water partition coefficient (Wildman–Crippen LogP) is 2.55. The second-order valence-corrected chi connectivity index (χ2v) is 6.02. The molecule has 1 aliphatic rings. The lowest BCUT2D eigenvalue weighted by atomic mass is 9.97. The zero-order valence-corrected chi connectivity index (χ0v) is 11.9. The summed E-state index contributed by atoms with van der Waals surface area (Å²) in [6, 6.07) is 12.1. The van der Waals surface area contributed by atoms with Gasteiger partial charge in [-0.1, -0.05) is 44.2 Å². The van der Waals surface area contributed by atoms with Gasteiger partial charge in [-0.3, -0.25) is 0 Å². The molecule has 100 valence electrons. The second-order valence-electron chi connectivity index (χ2n) is 6.02. The van der Waals surface area contributed by atoms with Gasteiger partial charge in [0.05, 0.1) is 0 Å². The van der Waals surface area contributed by atoms with Crippen LogP contribution in [0.2, 0.25) is 0 Å². The Morgan fingerprint density at radius 2 is 2.00 bits per heavy atom. The van der Waals surface area contributed by atoms with Gasteiger partial charge in [0, 0.05) is 25.2 Å². The van der Waals surface area contributed by atoms with E-state index in [-0.39, 0.29) is 0 Å². The van der Waals surface area contributed by atoms with Crippen molar-refractivity contribution in [2.75, 3.05) is 20.1 Å². The summed E-state index contributed by atoms with van der Waals surface area (Å²) in [5, 5.41) is 3.71. The summed E-state index contributed by atoms with van der Waals surface area (Å²) in [7, 11) is 2.27. The fraction of sp³-hybridized carbons (Fsp3) is 0.625. The molecule has 2 nitrogen and oxygen atoms in total. The van der Waals surface area contributed by atoms with Crippen LogP contribution in [0.15, 0.2) is 30.3 Å². The third-order valence-electron chi connectivity index (χ3n) is 3.84. The molecule has 1 aromatic rings. The summed E-state index contributed by atoms with van der Waals surface area (Å²) in [6.07, 6.45) is 2.43. The Morgan fingerprint density at radius 1 is 1.28 bits per heavy atom. The quantitative estimate of drug-likeness (QED) is 0.878. The lowest BCUT2D eigenvalue weighted by Crippen LogP contribution is -2.55. The number of hydrogen-bond donors (Lipinski definition) is 1. The summed E-state index contributed by atoms with van der Waals surface area (Å²) in [6.45, 7) is 6.90. The van der Waals surface area contributed by atoms with Crippen LogP contribution in [-0.4, -0.2) is 37.1 Å². The summed E-state index contributed by atoms with van der Waals surface area (Å²) >= 11 is 0. The molecule has 1 saturated heterocycles. The van der Waals surface area contributed by atoms with Crippen LogP contribution in [0.1, 0.15) is 25.8 Å². The number of nitrogens with one attached hydrogen (secondary N) is 1. The molecule has 2 unspecified atom stereocenters. The van der Waals surface area contributed by atoms with Crippen LogP contribution in [0.4, 0.5) is 0 Å². The van der Waals surface area contributed by atoms with E-state index >= 15 is 0 Å². The van der Waals surface area contributed by atoms with E-state index in [1.807, 2.05) is 0 Å². The van der Waals surface area contributed by atoms with Crippen molar-refractivity contribution < 1.29 is 0 Å². The van der Waals surface area contributed by atoms with Crippen molar-refractivity contribution in [2.45, 2.75) is 38.8 Å². The van der Waals surface area contributed by atoms with Gasteiger partial charge in [0.25, 0.3) is 0 Å². The van der Waals surface area contributed by atoms with Gasteiger partial charge in [-0.05, 0) is 31.4 Å². The highest BCUT2D eigenvalue weighted by molar-refractivity contribution is 5.16. The summed E-state index contributed by atoms with van der Waals surface area (Å²) in [4.78, 5) is 2.52. The zero-order chi connectivity index (χ0) is 13.0. The zero-order valence-electron chi connectivity index (χ0n) is 11.9. The van der Waals surface area contributed by atoms with Gasteiger partial charge in [0.1, 0.15) is 0 Å². The Hall–Kier alpha value is -0.860. The number of likely N-dealkylation sites (N-methyl/N-ethyl adjacent to an activating group) is 1. The van der Waals surface area contributed by atoms with Gasteiger partial charge >= 0.3 is 0 Å². The van der Waals surface area contributed by atoms with E-state index in [4.69, 9.17) is 0 Å². The Kier molecular flexibility index (Phi) is 4.79. The molecule has 0 bridgehead atoms. The average molecular weight is 246 g/mol. The molecule has 1 heterocycles. The molecule has 0 aromatic heterocycles. The summed E-state index contributed by atoms with van der Waals surface area (Å²) < 4.78 is 0. The Bertz CT molecular complexity index is 347. The second kappa shape index (κ2) is 6.35. The largest absolute Gasteiger partial charge is 0.311 e. The van der Waals surface area contributed by atoms with Crippen molar-refractivity contribution in [3.63, 3.8) is 0 Å². The van der Waals surface area contributed by atoms with Gasteiger partial charge in [0.15, 0.2) is 0 Å². The van der Waals surface area contributed by atoms with Crippen molar-refractivity contribution in [2.24, 2.45) is 5.92 Å². The van der Waals surface area contributed by atoms with E-state index in [0.717, 1.165) is 18.9 Å². The average Bonchev–Trinajstić information content (AvgIpc) is 2.33. The molecular formula is C16H26N2. The highest BCUT2D eigenvalue weighted by Crippen LogP contribution is 2.15. The molecule has 0 amide bonds. The first-order chi connectivity index (χ1) is 8.65. The van der Waals surface area contributed by atoms with Crippen LogP contribution < -0.4 is 5.32 Å². The fourth-order valence-electron chi connectivity index (χ4n) is 2.86.